The number of carbonyl (C=O) groups excluding carboxylic acids is 1. The molecule has 0 saturated heterocycles. The molecule has 2 aromatic carbocycles. The molecule has 2 N–H and O–H groups in total. The number of benzene rings is 2. The van der Waals surface area contributed by atoms with E-state index in [9.17, 15) is 9.90 Å². The van der Waals surface area contributed by atoms with Gasteiger partial charge in [-0.15, -0.1) is 0 Å². The second-order valence-corrected chi connectivity index (χ2v) is 7.94. The Morgan fingerprint density at radius 3 is 2.65 bits per heavy atom. The van der Waals surface area contributed by atoms with Gasteiger partial charge in [0.1, 0.15) is 11.5 Å². The van der Waals surface area contributed by atoms with Crippen molar-refractivity contribution < 1.29 is 14.6 Å². The lowest BCUT2D eigenvalue weighted by molar-refractivity contribution is 0.0954. The first-order chi connectivity index (χ1) is 10.9. The van der Waals surface area contributed by atoms with Gasteiger partial charge in [-0.1, -0.05) is 0 Å². The molecule has 0 aromatic heterocycles. The molecule has 1 amide bonds. The van der Waals surface area contributed by atoms with E-state index >= 15 is 0 Å². The van der Waals surface area contributed by atoms with Gasteiger partial charge in [0.15, 0.2) is 0 Å². The number of halogens is 3. The number of rotatable bonds is 4. The van der Waals surface area contributed by atoms with Crippen LogP contribution in [0.2, 0.25) is 0 Å². The van der Waals surface area contributed by atoms with Crippen LogP contribution in [0.4, 0.5) is 0 Å². The van der Waals surface area contributed by atoms with E-state index in [1.165, 1.54) is 6.21 Å². The van der Waals surface area contributed by atoms with Crippen molar-refractivity contribution in [1.29, 1.82) is 0 Å². The summed E-state index contributed by atoms with van der Waals surface area (Å²) in [5, 5.41) is 13.9. The predicted molar refractivity (Wildman–Crippen MR) is 114 cm³/mol. The first-order valence-corrected chi connectivity index (χ1v) is 9.51. The largest absolute Gasteiger partial charge is 0.506 e. The number of aromatic hydroxyl groups is 1. The maximum atomic E-state index is 12.1. The van der Waals surface area contributed by atoms with Crippen LogP contribution in [0.3, 0.4) is 0 Å². The van der Waals surface area contributed by atoms with Gasteiger partial charge in [0.05, 0.1) is 20.5 Å². The lowest BCUT2D eigenvalue weighted by Crippen LogP contribution is -2.17. The second-order valence-electron chi connectivity index (χ2n) is 4.37. The van der Waals surface area contributed by atoms with Gasteiger partial charge in [-0.25, -0.2) is 5.43 Å². The quantitative estimate of drug-likeness (QED) is 0.300. The number of phenols is 1. The number of hydrogen-bond donors (Lipinski definition) is 2. The van der Waals surface area contributed by atoms with Crippen molar-refractivity contribution in [2.75, 3.05) is 7.11 Å². The van der Waals surface area contributed by atoms with Crippen LogP contribution < -0.4 is 10.2 Å². The van der Waals surface area contributed by atoms with E-state index < -0.39 is 0 Å². The molecule has 0 unspecified atom stereocenters. The average Bonchev–Trinajstić information content (AvgIpc) is 2.52. The minimum Gasteiger partial charge on any atom is -0.506 e. The summed E-state index contributed by atoms with van der Waals surface area (Å²) in [6, 6.07) is 8.77. The number of ether oxygens (including phenoxy) is 1. The smallest absolute Gasteiger partial charge is 0.271 e. The molecule has 0 aliphatic carbocycles. The minimum absolute atomic E-state index is 0.139. The zero-order chi connectivity index (χ0) is 17.0. The molecule has 0 heterocycles. The van der Waals surface area contributed by atoms with Crippen LogP contribution in [0.25, 0.3) is 0 Å². The Morgan fingerprint density at radius 1 is 1.22 bits per heavy atom. The van der Waals surface area contributed by atoms with E-state index in [-0.39, 0.29) is 11.7 Å². The molecule has 23 heavy (non-hydrogen) atoms. The standard InChI is InChI=1S/C15H11I3N2O3/c1-23-13-5-8(2-3-11(13)17)15(22)20-19-7-9-4-10(16)6-12(18)14(9)21/h2-7,21H,1H3,(H,20,22)/b19-7-. The first kappa shape index (κ1) is 18.7. The zero-order valence-corrected chi connectivity index (χ0v) is 18.3. The number of carbonyl (C=O) groups is 1. The number of hydrogen-bond acceptors (Lipinski definition) is 4. The molecule has 0 aliphatic heterocycles. The van der Waals surface area contributed by atoms with Crippen LogP contribution in [0, 0.1) is 10.7 Å². The molecule has 0 aliphatic rings. The molecule has 0 bridgehead atoms. The number of amides is 1. The van der Waals surface area contributed by atoms with E-state index in [1.807, 2.05) is 28.7 Å². The van der Waals surface area contributed by atoms with Gasteiger partial charge in [-0.3, -0.25) is 4.79 Å². The number of nitrogens with zero attached hydrogens (tertiary/aromatic N) is 1. The lowest BCUT2D eigenvalue weighted by atomic mass is 10.2. The number of hydrazone groups is 1. The molecule has 120 valence electrons. The summed E-state index contributed by atoms with van der Waals surface area (Å²) in [5.74, 6) is 0.419. The lowest BCUT2D eigenvalue weighted by Gasteiger charge is -2.06. The summed E-state index contributed by atoms with van der Waals surface area (Å²) >= 11 is 6.33. The Bertz CT molecular complexity index is 779. The maximum Gasteiger partial charge on any atom is 0.271 e. The Hall–Kier alpha value is -0.630. The molecule has 2 aromatic rings. The molecule has 0 saturated carbocycles. The third-order valence-corrected chi connectivity index (χ3v) is 5.18. The molecular weight excluding hydrogens is 637 g/mol. The van der Waals surface area contributed by atoms with Gasteiger partial charge in [0.25, 0.3) is 5.91 Å². The van der Waals surface area contributed by atoms with E-state index in [1.54, 1.807) is 31.4 Å². The fourth-order valence-corrected chi connectivity index (χ4v) is 4.16. The van der Waals surface area contributed by atoms with Crippen molar-refractivity contribution in [3.8, 4) is 11.5 Å². The zero-order valence-electron chi connectivity index (χ0n) is 11.8. The third-order valence-electron chi connectivity index (χ3n) is 2.84. The van der Waals surface area contributed by atoms with Crippen LogP contribution >= 0.6 is 67.8 Å². The first-order valence-electron chi connectivity index (χ1n) is 6.27. The second kappa shape index (κ2) is 8.46. The van der Waals surface area contributed by atoms with E-state index in [0.717, 1.165) is 10.7 Å². The molecule has 8 heteroatoms. The predicted octanol–water partition coefficient (Wildman–Crippen LogP) is 3.98. The monoisotopic (exact) mass is 648 g/mol. The highest BCUT2D eigenvalue weighted by atomic mass is 127. The van der Waals surface area contributed by atoms with Crippen molar-refractivity contribution >= 4 is 79.9 Å². The molecule has 0 spiro atoms. The summed E-state index contributed by atoms with van der Waals surface area (Å²) in [4.78, 5) is 12.1. The van der Waals surface area contributed by atoms with Crippen LogP contribution in [0.5, 0.6) is 11.5 Å². The summed E-state index contributed by atoms with van der Waals surface area (Å²) in [6.45, 7) is 0. The Balaban J connectivity index is 2.13. The normalized spacial score (nSPS) is 10.8. The van der Waals surface area contributed by atoms with Crippen molar-refractivity contribution in [3.05, 3.63) is 52.2 Å². The number of methoxy groups -OCH3 is 1. The molecule has 5 nitrogen and oxygen atoms in total. The highest BCUT2D eigenvalue weighted by Gasteiger charge is 2.09. The van der Waals surface area contributed by atoms with Crippen LogP contribution in [-0.2, 0) is 0 Å². The average molecular weight is 648 g/mol. The molecule has 2 rings (SSSR count). The van der Waals surface area contributed by atoms with Gasteiger partial charge in [0, 0.05) is 14.7 Å². The summed E-state index contributed by atoms with van der Waals surface area (Å²) in [6.07, 6.45) is 1.42. The van der Waals surface area contributed by atoms with E-state index in [0.29, 0.717) is 16.9 Å². The number of nitrogens with one attached hydrogen (secondary N) is 1. The van der Waals surface area contributed by atoms with Gasteiger partial charge in [-0.2, -0.15) is 5.10 Å². The van der Waals surface area contributed by atoms with Gasteiger partial charge >= 0.3 is 0 Å². The van der Waals surface area contributed by atoms with Gasteiger partial charge in [0.2, 0.25) is 0 Å². The molecule has 0 atom stereocenters. The highest BCUT2D eigenvalue weighted by Crippen LogP contribution is 2.25. The molecule has 0 fully saturated rings. The van der Waals surface area contributed by atoms with E-state index in [2.05, 4.69) is 55.7 Å². The van der Waals surface area contributed by atoms with Crippen LogP contribution in [0.15, 0.2) is 35.4 Å². The van der Waals surface area contributed by atoms with Crippen LogP contribution in [-0.4, -0.2) is 24.3 Å². The Kier molecular flexibility index (Phi) is 6.88. The number of phenolic OH excluding ortho intramolecular Hbond substituents is 1. The third kappa shape index (κ3) is 4.92. The van der Waals surface area contributed by atoms with Crippen LogP contribution in [0.1, 0.15) is 15.9 Å². The topological polar surface area (TPSA) is 70.9 Å². The SMILES string of the molecule is COc1cc(C(=O)N/N=C\c2cc(I)cc(I)c2O)ccc1I. The van der Waals surface area contributed by atoms with Gasteiger partial charge in [-0.05, 0) is 98.1 Å². The van der Waals surface area contributed by atoms with Crippen molar-refractivity contribution in [2.24, 2.45) is 5.10 Å². The molecule has 0 radical (unpaired) electrons. The van der Waals surface area contributed by atoms with Crippen molar-refractivity contribution in [2.45, 2.75) is 0 Å². The maximum absolute atomic E-state index is 12.1. The summed E-state index contributed by atoms with van der Waals surface area (Å²) in [7, 11) is 1.55. The summed E-state index contributed by atoms with van der Waals surface area (Å²) < 4.78 is 7.81. The van der Waals surface area contributed by atoms with Crippen molar-refractivity contribution in [1.82, 2.24) is 5.43 Å². The Morgan fingerprint density at radius 2 is 1.96 bits per heavy atom. The van der Waals surface area contributed by atoms with Gasteiger partial charge < -0.3 is 9.84 Å². The summed E-state index contributed by atoms with van der Waals surface area (Å²) in [5.41, 5.74) is 3.43. The Labute approximate surface area is 174 Å². The van der Waals surface area contributed by atoms with E-state index in [4.69, 9.17) is 4.74 Å². The fourth-order valence-electron chi connectivity index (χ4n) is 1.71. The highest BCUT2D eigenvalue weighted by molar-refractivity contribution is 14.1. The minimum atomic E-state index is -0.351. The fraction of sp³-hybridized carbons (Fsp3) is 0.0667. The molecular formula is C15H11I3N2O3. The van der Waals surface area contributed by atoms with Crippen molar-refractivity contribution in [3.63, 3.8) is 0 Å².